The molecule has 1 aromatic carbocycles. The van der Waals surface area contributed by atoms with E-state index in [9.17, 15) is 0 Å². The Kier molecular flexibility index (Phi) is 4.20. The van der Waals surface area contributed by atoms with Crippen molar-refractivity contribution in [2.75, 3.05) is 5.32 Å². The van der Waals surface area contributed by atoms with Gasteiger partial charge in [-0.1, -0.05) is 30.7 Å². The molecular formula is C17H22ClN3. The van der Waals surface area contributed by atoms with Crippen molar-refractivity contribution in [2.45, 2.75) is 45.6 Å². The number of anilines is 1. The maximum Gasteiger partial charge on any atom is 0.0868 e. The number of nitrogens with zero attached hydrogens (tertiary/aromatic N) is 2. The van der Waals surface area contributed by atoms with Crippen LogP contribution in [0.4, 0.5) is 5.69 Å². The molecule has 1 aliphatic rings. The van der Waals surface area contributed by atoms with Gasteiger partial charge >= 0.3 is 0 Å². The first kappa shape index (κ1) is 14.5. The molecule has 3 nitrogen and oxygen atoms in total. The molecule has 0 saturated heterocycles. The fraction of sp³-hybridized carbons (Fsp3) is 0.471. The van der Waals surface area contributed by atoms with Gasteiger partial charge in [0.1, 0.15) is 0 Å². The monoisotopic (exact) mass is 303 g/mol. The van der Waals surface area contributed by atoms with Crippen LogP contribution < -0.4 is 5.32 Å². The van der Waals surface area contributed by atoms with E-state index < -0.39 is 0 Å². The number of aromatic nitrogens is 2. The summed E-state index contributed by atoms with van der Waals surface area (Å²) in [5.41, 5.74) is 6.27. The number of hydrogen-bond acceptors (Lipinski definition) is 2. The molecule has 1 aliphatic carbocycles. The summed E-state index contributed by atoms with van der Waals surface area (Å²) < 4.78 is 1.89. The molecule has 0 amide bonds. The summed E-state index contributed by atoms with van der Waals surface area (Å²) in [6.07, 6.45) is 5.85. The molecule has 3 rings (SSSR count). The van der Waals surface area contributed by atoms with E-state index in [1.54, 1.807) is 0 Å². The van der Waals surface area contributed by atoms with Gasteiger partial charge in [0.05, 0.1) is 23.0 Å². The van der Waals surface area contributed by atoms with E-state index in [4.69, 9.17) is 11.6 Å². The van der Waals surface area contributed by atoms with Gasteiger partial charge < -0.3 is 5.32 Å². The molecule has 0 bridgehead atoms. The third-order valence-corrected chi connectivity index (χ3v) is 4.78. The number of fused-ring (bicyclic) bond motifs is 1. The van der Waals surface area contributed by atoms with Crippen molar-refractivity contribution in [3.8, 4) is 0 Å². The maximum atomic E-state index is 6.42. The van der Waals surface area contributed by atoms with Crippen molar-refractivity contribution < 1.29 is 0 Å². The fourth-order valence-electron chi connectivity index (χ4n) is 3.14. The highest BCUT2D eigenvalue weighted by Crippen LogP contribution is 2.29. The Labute approximate surface area is 131 Å². The van der Waals surface area contributed by atoms with Crippen LogP contribution in [0, 0.1) is 0 Å². The van der Waals surface area contributed by atoms with Gasteiger partial charge in [-0.2, -0.15) is 5.10 Å². The van der Waals surface area contributed by atoms with Gasteiger partial charge in [-0.15, -0.1) is 0 Å². The largest absolute Gasteiger partial charge is 0.379 e. The molecular weight excluding hydrogens is 282 g/mol. The SMILES string of the molecule is CCc1nn(C)c(CNc2cccc3c2CCCC3)c1Cl. The number of nitrogens with one attached hydrogen (secondary N) is 1. The molecule has 0 aliphatic heterocycles. The summed E-state index contributed by atoms with van der Waals surface area (Å²) in [6.45, 7) is 2.80. The number of rotatable bonds is 4. The smallest absolute Gasteiger partial charge is 0.0868 e. The van der Waals surface area contributed by atoms with E-state index in [0.717, 1.165) is 29.4 Å². The third-order valence-electron chi connectivity index (χ3n) is 4.35. The first-order chi connectivity index (χ1) is 10.2. The first-order valence-electron chi connectivity index (χ1n) is 7.75. The zero-order chi connectivity index (χ0) is 14.8. The number of halogens is 1. The van der Waals surface area contributed by atoms with E-state index in [0.29, 0.717) is 0 Å². The van der Waals surface area contributed by atoms with Crippen LogP contribution in [0.1, 0.15) is 42.3 Å². The number of aryl methyl sites for hydroxylation is 3. The highest BCUT2D eigenvalue weighted by atomic mass is 35.5. The molecule has 1 aromatic heterocycles. The summed E-state index contributed by atoms with van der Waals surface area (Å²) in [6, 6.07) is 6.58. The zero-order valence-electron chi connectivity index (χ0n) is 12.7. The molecule has 4 heteroatoms. The molecule has 0 fully saturated rings. The molecule has 21 heavy (non-hydrogen) atoms. The van der Waals surface area contributed by atoms with Gasteiger partial charge in [0.15, 0.2) is 0 Å². The minimum atomic E-state index is 0.721. The Hall–Kier alpha value is -1.48. The minimum absolute atomic E-state index is 0.721. The standard InChI is InChI=1S/C17H22ClN3/c1-3-14-17(18)16(21(2)20-14)11-19-15-10-6-8-12-7-4-5-9-13(12)15/h6,8,10,19H,3-5,7,9,11H2,1-2H3. The van der Waals surface area contributed by atoms with E-state index in [1.165, 1.54) is 42.5 Å². The zero-order valence-corrected chi connectivity index (χ0v) is 13.5. The van der Waals surface area contributed by atoms with Crippen LogP contribution in [0.2, 0.25) is 5.02 Å². The van der Waals surface area contributed by atoms with Gasteiger partial charge in [0.25, 0.3) is 0 Å². The van der Waals surface area contributed by atoms with Gasteiger partial charge in [0, 0.05) is 12.7 Å². The lowest BCUT2D eigenvalue weighted by molar-refractivity contribution is 0.684. The fourth-order valence-corrected chi connectivity index (χ4v) is 3.50. The van der Waals surface area contributed by atoms with Crippen molar-refractivity contribution in [3.05, 3.63) is 45.7 Å². The van der Waals surface area contributed by atoms with Gasteiger partial charge in [-0.05, 0) is 49.3 Å². The summed E-state index contributed by atoms with van der Waals surface area (Å²) >= 11 is 6.42. The Morgan fingerprint density at radius 2 is 2.10 bits per heavy atom. The Balaban J connectivity index is 1.81. The minimum Gasteiger partial charge on any atom is -0.379 e. The Morgan fingerprint density at radius 3 is 2.86 bits per heavy atom. The van der Waals surface area contributed by atoms with E-state index in [-0.39, 0.29) is 0 Å². The highest BCUT2D eigenvalue weighted by molar-refractivity contribution is 6.31. The van der Waals surface area contributed by atoms with Crippen LogP contribution >= 0.6 is 11.6 Å². The summed E-state index contributed by atoms with van der Waals surface area (Å²) in [7, 11) is 1.96. The summed E-state index contributed by atoms with van der Waals surface area (Å²) in [4.78, 5) is 0. The molecule has 0 unspecified atom stereocenters. The Morgan fingerprint density at radius 1 is 1.29 bits per heavy atom. The third kappa shape index (κ3) is 2.80. The second-order valence-electron chi connectivity index (χ2n) is 5.69. The van der Waals surface area contributed by atoms with Gasteiger partial charge in [-0.25, -0.2) is 0 Å². The highest BCUT2D eigenvalue weighted by Gasteiger charge is 2.15. The summed E-state index contributed by atoms with van der Waals surface area (Å²) in [5, 5.41) is 8.84. The predicted molar refractivity (Wildman–Crippen MR) is 88.0 cm³/mol. The second kappa shape index (κ2) is 6.10. The van der Waals surface area contributed by atoms with Crippen LogP contribution in [-0.4, -0.2) is 9.78 Å². The van der Waals surface area contributed by atoms with Crippen LogP contribution in [0.25, 0.3) is 0 Å². The quantitative estimate of drug-likeness (QED) is 0.920. The molecule has 0 spiro atoms. The number of benzene rings is 1. The van der Waals surface area contributed by atoms with Crippen molar-refractivity contribution >= 4 is 17.3 Å². The van der Waals surface area contributed by atoms with Gasteiger partial charge in [0.2, 0.25) is 0 Å². The first-order valence-corrected chi connectivity index (χ1v) is 8.13. The normalized spacial score (nSPS) is 14.0. The summed E-state index contributed by atoms with van der Waals surface area (Å²) in [5.74, 6) is 0. The van der Waals surface area contributed by atoms with Crippen molar-refractivity contribution in [1.82, 2.24) is 9.78 Å². The van der Waals surface area contributed by atoms with Crippen molar-refractivity contribution in [1.29, 1.82) is 0 Å². The lowest BCUT2D eigenvalue weighted by atomic mass is 9.90. The van der Waals surface area contributed by atoms with Gasteiger partial charge in [-0.3, -0.25) is 4.68 Å². The average molecular weight is 304 g/mol. The average Bonchev–Trinajstić information content (AvgIpc) is 2.79. The topological polar surface area (TPSA) is 29.9 Å². The maximum absolute atomic E-state index is 6.42. The predicted octanol–water partition coefficient (Wildman–Crippen LogP) is 4.13. The van der Waals surface area contributed by atoms with Crippen LogP contribution in [0.5, 0.6) is 0 Å². The van der Waals surface area contributed by atoms with E-state index >= 15 is 0 Å². The van der Waals surface area contributed by atoms with Crippen LogP contribution in [0.15, 0.2) is 18.2 Å². The van der Waals surface area contributed by atoms with Crippen molar-refractivity contribution in [2.24, 2.45) is 7.05 Å². The molecule has 2 aromatic rings. The van der Waals surface area contributed by atoms with Crippen LogP contribution in [0.3, 0.4) is 0 Å². The lowest BCUT2D eigenvalue weighted by Gasteiger charge is -2.20. The van der Waals surface area contributed by atoms with Crippen LogP contribution in [-0.2, 0) is 32.9 Å². The molecule has 0 atom stereocenters. The molecule has 0 saturated carbocycles. The number of hydrogen-bond donors (Lipinski definition) is 1. The van der Waals surface area contributed by atoms with E-state index in [1.807, 2.05) is 11.7 Å². The lowest BCUT2D eigenvalue weighted by Crippen LogP contribution is -2.10. The van der Waals surface area contributed by atoms with E-state index in [2.05, 4.69) is 35.5 Å². The molecule has 0 radical (unpaired) electrons. The molecule has 1 N–H and O–H groups in total. The second-order valence-corrected chi connectivity index (χ2v) is 6.07. The Bertz CT molecular complexity index is 646. The van der Waals surface area contributed by atoms with Crippen molar-refractivity contribution in [3.63, 3.8) is 0 Å². The molecule has 112 valence electrons. The molecule has 1 heterocycles.